The van der Waals surface area contributed by atoms with Gasteiger partial charge < -0.3 is 5.11 Å². The molecule has 2 atom stereocenters. The predicted octanol–water partition coefficient (Wildman–Crippen LogP) is 2.89. The Kier molecular flexibility index (Phi) is 4.96. The van der Waals surface area contributed by atoms with Gasteiger partial charge in [0.15, 0.2) is 0 Å². The summed E-state index contributed by atoms with van der Waals surface area (Å²) in [6.07, 6.45) is -4.05. The van der Waals surface area contributed by atoms with Crippen LogP contribution in [0.25, 0.3) is 0 Å². The van der Waals surface area contributed by atoms with E-state index in [1.54, 1.807) is 6.92 Å². The maximum Gasteiger partial charge on any atom is 0.416 e. The number of carboxylic acids is 1. The quantitative estimate of drug-likeness (QED) is 0.890. The lowest BCUT2D eigenvalue weighted by atomic mass is 9.99. The van der Waals surface area contributed by atoms with Crippen LogP contribution in [0, 0.1) is 12.8 Å². The summed E-state index contributed by atoms with van der Waals surface area (Å²) < 4.78 is 64.9. The fourth-order valence-electron chi connectivity index (χ4n) is 3.14. The predicted molar refractivity (Wildman–Crippen MR) is 79.9 cm³/mol. The number of benzene rings is 1. The zero-order chi connectivity index (χ0) is 18.3. The van der Waals surface area contributed by atoms with Crippen molar-refractivity contribution in [1.29, 1.82) is 0 Å². The lowest BCUT2D eigenvalue weighted by molar-refractivity contribution is -0.142. The summed E-state index contributed by atoms with van der Waals surface area (Å²) in [5, 5.41) is 9.20. The Hall–Kier alpha value is -1.61. The van der Waals surface area contributed by atoms with Gasteiger partial charge in [0.05, 0.1) is 16.4 Å². The number of aryl methyl sites for hydroxylation is 1. The highest BCUT2D eigenvalue weighted by molar-refractivity contribution is 7.89. The van der Waals surface area contributed by atoms with Crippen molar-refractivity contribution in [3.8, 4) is 0 Å². The number of sulfonamides is 1. The van der Waals surface area contributed by atoms with E-state index < -0.39 is 39.7 Å². The summed E-state index contributed by atoms with van der Waals surface area (Å²) in [5.74, 6) is -1.87. The van der Waals surface area contributed by atoms with Crippen molar-refractivity contribution in [2.75, 3.05) is 6.54 Å². The summed E-state index contributed by atoms with van der Waals surface area (Å²) in [6, 6.07) is 1.76. The van der Waals surface area contributed by atoms with Crippen LogP contribution in [0.15, 0.2) is 23.1 Å². The molecule has 0 aromatic heterocycles. The fraction of sp³-hybridized carbons (Fsp3) is 0.533. The van der Waals surface area contributed by atoms with Crippen LogP contribution in [0.1, 0.15) is 30.9 Å². The molecular weight excluding hydrogens is 347 g/mol. The first-order valence-electron chi connectivity index (χ1n) is 7.42. The van der Waals surface area contributed by atoms with Crippen LogP contribution in [0.4, 0.5) is 13.2 Å². The Morgan fingerprint density at radius 2 is 2.00 bits per heavy atom. The number of hydrogen-bond donors (Lipinski definition) is 1. The van der Waals surface area contributed by atoms with E-state index in [4.69, 9.17) is 0 Å². The van der Waals surface area contributed by atoms with Crippen molar-refractivity contribution >= 4 is 16.0 Å². The molecule has 1 aliphatic rings. The molecule has 24 heavy (non-hydrogen) atoms. The van der Waals surface area contributed by atoms with Gasteiger partial charge in [-0.3, -0.25) is 4.79 Å². The largest absolute Gasteiger partial charge is 0.481 e. The molecule has 5 nitrogen and oxygen atoms in total. The normalized spacial score (nSPS) is 22.7. The number of alkyl halides is 3. The number of hydrogen-bond acceptors (Lipinski definition) is 3. The van der Waals surface area contributed by atoms with E-state index in [1.165, 1.54) is 6.92 Å². The molecule has 0 bridgehead atoms. The summed E-state index contributed by atoms with van der Waals surface area (Å²) >= 11 is 0. The molecule has 0 spiro atoms. The van der Waals surface area contributed by atoms with Crippen molar-refractivity contribution < 1.29 is 31.5 Å². The maximum atomic E-state index is 12.8. The Labute approximate surface area is 138 Å². The molecule has 1 aliphatic heterocycles. The number of halogens is 3. The average molecular weight is 365 g/mol. The van der Waals surface area contributed by atoms with Crippen LogP contribution in [-0.2, 0) is 21.0 Å². The van der Waals surface area contributed by atoms with Gasteiger partial charge in [0.25, 0.3) is 0 Å². The lowest BCUT2D eigenvalue weighted by Gasteiger charge is -2.26. The maximum absolute atomic E-state index is 12.8. The molecule has 2 unspecified atom stereocenters. The first-order valence-corrected chi connectivity index (χ1v) is 8.86. The van der Waals surface area contributed by atoms with E-state index >= 15 is 0 Å². The van der Waals surface area contributed by atoms with Gasteiger partial charge in [-0.2, -0.15) is 17.5 Å². The summed E-state index contributed by atoms with van der Waals surface area (Å²) in [6.45, 7) is 3.03. The van der Waals surface area contributed by atoms with Crippen LogP contribution in [-0.4, -0.2) is 36.4 Å². The van der Waals surface area contributed by atoms with Crippen molar-refractivity contribution in [1.82, 2.24) is 4.31 Å². The van der Waals surface area contributed by atoms with Crippen LogP contribution >= 0.6 is 0 Å². The SMILES string of the molecule is CCC1C(C(=O)O)CCN1S(=O)(=O)c1ccc(C(F)(F)F)cc1C. The van der Waals surface area contributed by atoms with E-state index in [0.29, 0.717) is 6.42 Å². The van der Waals surface area contributed by atoms with Gasteiger partial charge in [-0.1, -0.05) is 6.92 Å². The number of carbonyl (C=O) groups is 1. The second-order valence-corrected chi connectivity index (χ2v) is 7.66. The third-order valence-corrected chi connectivity index (χ3v) is 6.40. The third kappa shape index (κ3) is 3.27. The Morgan fingerprint density at radius 1 is 1.38 bits per heavy atom. The Bertz CT molecular complexity index is 746. The highest BCUT2D eigenvalue weighted by atomic mass is 32.2. The first-order chi connectivity index (χ1) is 11.0. The van der Waals surface area contributed by atoms with Crippen LogP contribution in [0.2, 0.25) is 0 Å². The average Bonchev–Trinajstić information content (AvgIpc) is 2.90. The zero-order valence-electron chi connectivity index (χ0n) is 13.2. The monoisotopic (exact) mass is 365 g/mol. The molecule has 1 fully saturated rings. The number of aliphatic carboxylic acids is 1. The molecule has 0 aliphatic carbocycles. The smallest absolute Gasteiger partial charge is 0.416 e. The van der Waals surface area contributed by atoms with Crippen LogP contribution in [0.5, 0.6) is 0 Å². The molecule has 0 radical (unpaired) electrons. The molecule has 0 saturated carbocycles. The van der Waals surface area contributed by atoms with Gasteiger partial charge in [-0.05, 0) is 43.5 Å². The molecule has 1 saturated heterocycles. The first kappa shape index (κ1) is 18.7. The van der Waals surface area contributed by atoms with E-state index in [2.05, 4.69) is 0 Å². The molecule has 1 aromatic carbocycles. The molecular formula is C15H18F3NO4S. The Morgan fingerprint density at radius 3 is 2.46 bits per heavy atom. The topological polar surface area (TPSA) is 74.7 Å². The fourth-order valence-corrected chi connectivity index (χ4v) is 5.10. The number of carboxylic acid groups (broad SMARTS) is 1. The van der Waals surface area contributed by atoms with Gasteiger partial charge in [0.2, 0.25) is 10.0 Å². The van der Waals surface area contributed by atoms with Crippen molar-refractivity contribution in [3.63, 3.8) is 0 Å². The van der Waals surface area contributed by atoms with Gasteiger partial charge >= 0.3 is 12.1 Å². The van der Waals surface area contributed by atoms with Crippen molar-refractivity contribution in [2.45, 2.75) is 43.8 Å². The number of nitrogens with zero attached hydrogens (tertiary/aromatic N) is 1. The van der Waals surface area contributed by atoms with Gasteiger partial charge in [-0.15, -0.1) is 0 Å². The molecule has 2 rings (SSSR count). The van der Waals surface area contributed by atoms with Crippen LogP contribution < -0.4 is 0 Å². The van der Waals surface area contributed by atoms with E-state index in [9.17, 15) is 31.5 Å². The highest BCUT2D eigenvalue weighted by Gasteiger charge is 2.44. The molecule has 1 heterocycles. The molecule has 1 N–H and O–H groups in total. The molecule has 1 aromatic rings. The minimum atomic E-state index is -4.55. The van der Waals surface area contributed by atoms with E-state index in [1.807, 2.05) is 0 Å². The summed E-state index contributed by atoms with van der Waals surface area (Å²) in [4.78, 5) is 11.0. The molecule has 134 valence electrons. The standard InChI is InChI=1S/C15H18F3NO4S/c1-3-12-11(14(20)21)6-7-19(12)24(22,23)13-5-4-10(8-9(13)2)15(16,17)18/h4-5,8,11-12H,3,6-7H2,1-2H3,(H,20,21). The van der Waals surface area contributed by atoms with E-state index in [0.717, 1.165) is 22.5 Å². The number of rotatable bonds is 4. The van der Waals surface area contributed by atoms with Crippen molar-refractivity contribution in [2.24, 2.45) is 5.92 Å². The second-order valence-electron chi connectivity index (χ2n) is 5.80. The molecule has 0 amide bonds. The summed E-state index contributed by atoms with van der Waals surface area (Å²) in [5.41, 5.74) is -0.936. The Balaban J connectivity index is 2.43. The lowest BCUT2D eigenvalue weighted by Crippen LogP contribution is -2.39. The molecule has 9 heteroatoms. The summed E-state index contributed by atoms with van der Waals surface area (Å²) in [7, 11) is -4.06. The van der Waals surface area contributed by atoms with Gasteiger partial charge in [0.1, 0.15) is 0 Å². The zero-order valence-corrected chi connectivity index (χ0v) is 14.0. The van der Waals surface area contributed by atoms with Gasteiger partial charge in [0, 0.05) is 12.6 Å². The van der Waals surface area contributed by atoms with E-state index in [-0.39, 0.29) is 23.4 Å². The second kappa shape index (κ2) is 6.36. The van der Waals surface area contributed by atoms with Gasteiger partial charge in [-0.25, -0.2) is 8.42 Å². The van der Waals surface area contributed by atoms with Crippen molar-refractivity contribution in [3.05, 3.63) is 29.3 Å². The third-order valence-electron chi connectivity index (χ3n) is 4.32. The van der Waals surface area contributed by atoms with Crippen LogP contribution in [0.3, 0.4) is 0 Å². The minimum absolute atomic E-state index is 0.0153. The minimum Gasteiger partial charge on any atom is -0.481 e. The highest BCUT2D eigenvalue weighted by Crippen LogP contribution is 2.35.